The molecule has 1 aromatic carbocycles. The van der Waals surface area contributed by atoms with Crippen molar-refractivity contribution in [1.29, 1.82) is 0 Å². The molecule has 0 unspecified atom stereocenters. The van der Waals surface area contributed by atoms with Crippen LogP contribution in [-0.2, 0) is 6.98 Å². The summed E-state index contributed by atoms with van der Waals surface area (Å²) in [6.07, 6.45) is 6.01. The summed E-state index contributed by atoms with van der Waals surface area (Å²) in [5, 5.41) is 5.07. The van der Waals surface area contributed by atoms with Gasteiger partial charge in [-0.25, -0.2) is 9.50 Å². The minimum atomic E-state index is -2.60. The van der Waals surface area contributed by atoms with Crippen LogP contribution in [0.2, 0.25) is 0 Å². The zero-order valence-corrected chi connectivity index (χ0v) is 15.9. The van der Waals surface area contributed by atoms with Gasteiger partial charge in [0.25, 0.3) is 5.56 Å². The number of aromatic nitrogens is 4. The Morgan fingerprint density at radius 3 is 2.64 bits per heavy atom. The summed E-state index contributed by atoms with van der Waals surface area (Å²) in [6.45, 7) is -2.60. The molecule has 1 saturated carbocycles. The number of rotatable bonds is 2. The van der Waals surface area contributed by atoms with Crippen LogP contribution in [0.15, 0.2) is 47.4 Å². The van der Waals surface area contributed by atoms with Gasteiger partial charge < -0.3 is 5.73 Å². The first-order chi connectivity index (χ1) is 14.3. The third-order valence-corrected chi connectivity index (χ3v) is 5.49. The van der Waals surface area contributed by atoms with E-state index in [1.807, 2.05) is 12.1 Å². The second kappa shape index (κ2) is 6.95. The molecule has 1 aliphatic carbocycles. The van der Waals surface area contributed by atoms with E-state index in [1.54, 1.807) is 35.0 Å². The quantitative estimate of drug-likeness (QED) is 0.555. The number of aryl methyl sites for hydroxylation is 1. The summed E-state index contributed by atoms with van der Waals surface area (Å²) in [5.74, 6) is 0.723. The summed E-state index contributed by atoms with van der Waals surface area (Å²) in [4.78, 5) is 17.3. The summed E-state index contributed by atoms with van der Waals surface area (Å²) in [5.41, 5.74) is 8.56. The Hall–Kier alpha value is -2.86. The van der Waals surface area contributed by atoms with Gasteiger partial charge in [0.05, 0.1) is 16.6 Å². The van der Waals surface area contributed by atoms with Crippen LogP contribution in [0, 0.1) is 0 Å². The SMILES string of the molecule is Cl.[2H]C([2H])([2H])n1c(=O)c2ccc(-c3ccc(N)nc3)cc2n2nc(C3CCCC3)cc12. The smallest absolute Gasteiger partial charge is 0.261 e. The van der Waals surface area contributed by atoms with Crippen LogP contribution in [0.25, 0.3) is 27.7 Å². The number of nitrogen functional groups attached to an aromatic ring is 1. The Kier molecular flexibility index (Phi) is 3.75. The van der Waals surface area contributed by atoms with E-state index in [0.717, 1.165) is 47.1 Å². The molecule has 3 aromatic heterocycles. The van der Waals surface area contributed by atoms with Gasteiger partial charge in [0.2, 0.25) is 0 Å². The van der Waals surface area contributed by atoms with Crippen molar-refractivity contribution in [2.24, 2.45) is 6.98 Å². The topological polar surface area (TPSA) is 78.2 Å². The third-order valence-electron chi connectivity index (χ3n) is 5.49. The van der Waals surface area contributed by atoms with Gasteiger partial charge in [0.15, 0.2) is 0 Å². The maximum atomic E-state index is 13.1. The Labute approximate surface area is 172 Å². The normalized spacial score (nSPS) is 16.6. The molecule has 1 fully saturated rings. The van der Waals surface area contributed by atoms with E-state index in [-0.39, 0.29) is 12.4 Å². The highest BCUT2D eigenvalue weighted by Crippen LogP contribution is 2.34. The Balaban J connectivity index is 0.00000231. The summed E-state index contributed by atoms with van der Waals surface area (Å²) >= 11 is 0. The van der Waals surface area contributed by atoms with Gasteiger partial charge in [-0.1, -0.05) is 18.9 Å². The van der Waals surface area contributed by atoms with Crippen LogP contribution in [0.4, 0.5) is 5.82 Å². The highest BCUT2D eigenvalue weighted by molar-refractivity contribution is 5.86. The number of hydrogen-bond acceptors (Lipinski definition) is 4. The number of halogens is 1. The third kappa shape index (κ3) is 2.85. The van der Waals surface area contributed by atoms with E-state index in [1.165, 1.54) is 0 Å². The van der Waals surface area contributed by atoms with Crippen molar-refractivity contribution in [2.45, 2.75) is 31.6 Å². The average molecular weight is 399 g/mol. The second-order valence-corrected chi connectivity index (χ2v) is 7.16. The van der Waals surface area contributed by atoms with Crippen molar-refractivity contribution in [3.8, 4) is 11.1 Å². The molecule has 0 amide bonds. The number of nitrogens with two attached hydrogens (primary N) is 1. The molecule has 3 heterocycles. The van der Waals surface area contributed by atoms with Gasteiger partial charge in [0.1, 0.15) is 11.5 Å². The maximum absolute atomic E-state index is 13.1. The second-order valence-electron chi connectivity index (χ2n) is 7.16. The van der Waals surface area contributed by atoms with Crippen LogP contribution in [-0.4, -0.2) is 19.2 Å². The predicted octanol–water partition coefficient (Wildman–Crippen LogP) is 3.91. The molecule has 7 heteroatoms. The minimum Gasteiger partial charge on any atom is -0.384 e. The Morgan fingerprint density at radius 1 is 1.14 bits per heavy atom. The molecule has 144 valence electrons. The Bertz CT molecular complexity index is 1320. The molecule has 0 spiro atoms. The van der Waals surface area contributed by atoms with Gasteiger partial charge in [-0.3, -0.25) is 9.36 Å². The van der Waals surface area contributed by atoms with Crippen molar-refractivity contribution in [3.05, 3.63) is 58.6 Å². The molecular weight excluding hydrogens is 374 g/mol. The fraction of sp³-hybridized carbons (Fsp3) is 0.286. The lowest BCUT2D eigenvalue weighted by atomic mass is 10.0. The molecular formula is C21H22ClN5O. The fourth-order valence-corrected chi connectivity index (χ4v) is 4.01. The summed E-state index contributed by atoms with van der Waals surface area (Å²) in [6, 6.07) is 10.6. The molecule has 0 bridgehead atoms. The van der Waals surface area contributed by atoms with Crippen LogP contribution >= 0.6 is 12.4 Å². The average Bonchev–Trinajstić information content (AvgIpc) is 3.37. The standard InChI is InChI=1S/C21H21N5O.ClH/c1-25-20-11-17(13-4-2-3-5-13)24-26(20)18-10-14(6-8-16(18)21(25)27)15-7-9-19(22)23-12-15;/h6-13H,2-5H2,1H3,(H2,22,23);1H/i1D3;. The lowest BCUT2D eigenvalue weighted by molar-refractivity contribution is 0.686. The molecule has 1 aliphatic rings. The van der Waals surface area contributed by atoms with Crippen molar-refractivity contribution in [1.82, 2.24) is 19.2 Å². The zero-order valence-electron chi connectivity index (χ0n) is 18.1. The van der Waals surface area contributed by atoms with Gasteiger partial charge in [-0.05, 0) is 42.7 Å². The first-order valence-corrected chi connectivity index (χ1v) is 9.14. The van der Waals surface area contributed by atoms with Crippen molar-refractivity contribution >= 4 is 34.8 Å². The van der Waals surface area contributed by atoms with Crippen molar-refractivity contribution in [3.63, 3.8) is 0 Å². The van der Waals surface area contributed by atoms with E-state index in [0.29, 0.717) is 28.3 Å². The van der Waals surface area contributed by atoms with Gasteiger partial charge in [0, 0.05) is 34.8 Å². The van der Waals surface area contributed by atoms with Crippen LogP contribution < -0.4 is 11.3 Å². The van der Waals surface area contributed by atoms with Gasteiger partial charge in [-0.15, -0.1) is 12.4 Å². The van der Waals surface area contributed by atoms with Crippen LogP contribution in [0.1, 0.15) is 41.4 Å². The van der Waals surface area contributed by atoms with Crippen molar-refractivity contribution in [2.75, 3.05) is 5.73 Å². The highest BCUT2D eigenvalue weighted by atomic mass is 35.5. The molecule has 0 radical (unpaired) electrons. The van der Waals surface area contributed by atoms with Gasteiger partial charge >= 0.3 is 0 Å². The van der Waals surface area contributed by atoms with Crippen molar-refractivity contribution < 1.29 is 4.11 Å². The molecule has 0 saturated heterocycles. The zero-order chi connectivity index (χ0) is 21.0. The fourth-order valence-electron chi connectivity index (χ4n) is 4.01. The number of hydrogen-bond donors (Lipinski definition) is 1. The lowest BCUT2D eigenvalue weighted by Gasteiger charge is -2.08. The largest absolute Gasteiger partial charge is 0.384 e. The highest BCUT2D eigenvalue weighted by Gasteiger charge is 2.21. The molecule has 0 aliphatic heterocycles. The molecule has 2 N–H and O–H groups in total. The first kappa shape index (κ1) is 15.1. The van der Waals surface area contributed by atoms with E-state index >= 15 is 0 Å². The summed E-state index contributed by atoms with van der Waals surface area (Å²) in [7, 11) is 0. The molecule has 5 rings (SSSR count). The number of nitrogens with zero attached hydrogens (tertiary/aromatic N) is 4. The number of benzene rings is 1. The summed E-state index contributed by atoms with van der Waals surface area (Å²) < 4.78 is 26.2. The minimum absolute atomic E-state index is 0. The molecule has 6 nitrogen and oxygen atoms in total. The van der Waals surface area contributed by atoms with Crippen LogP contribution in [0.5, 0.6) is 0 Å². The number of pyridine rings is 1. The van der Waals surface area contributed by atoms with Gasteiger partial charge in [-0.2, -0.15) is 5.10 Å². The number of fused-ring (bicyclic) bond motifs is 3. The van der Waals surface area contributed by atoms with E-state index in [9.17, 15) is 4.79 Å². The maximum Gasteiger partial charge on any atom is 0.261 e. The van der Waals surface area contributed by atoms with E-state index in [4.69, 9.17) is 14.9 Å². The monoisotopic (exact) mass is 398 g/mol. The molecule has 0 atom stereocenters. The van der Waals surface area contributed by atoms with E-state index < -0.39 is 12.5 Å². The number of anilines is 1. The van der Waals surface area contributed by atoms with Crippen LogP contribution in [0.3, 0.4) is 0 Å². The molecule has 4 aromatic rings. The predicted molar refractivity (Wildman–Crippen MR) is 114 cm³/mol. The lowest BCUT2D eigenvalue weighted by Crippen LogP contribution is -2.19. The first-order valence-electron chi connectivity index (χ1n) is 10.6. The Morgan fingerprint density at radius 2 is 1.93 bits per heavy atom. The molecule has 28 heavy (non-hydrogen) atoms. The van der Waals surface area contributed by atoms with E-state index in [2.05, 4.69) is 4.98 Å².